The van der Waals surface area contributed by atoms with E-state index < -0.39 is 17.9 Å². The van der Waals surface area contributed by atoms with E-state index in [1.165, 1.54) is 38.5 Å². The first kappa shape index (κ1) is 20.2. The Labute approximate surface area is 156 Å². The first-order chi connectivity index (χ1) is 12.9. The van der Waals surface area contributed by atoms with Crippen molar-refractivity contribution in [2.45, 2.75) is 12.6 Å². The fourth-order valence-electron chi connectivity index (χ4n) is 2.31. The lowest BCUT2D eigenvalue weighted by molar-refractivity contribution is -0.139. The van der Waals surface area contributed by atoms with Crippen molar-refractivity contribution >= 4 is 11.8 Å². The molecule has 2 aromatic rings. The minimum absolute atomic E-state index is 0.0881. The lowest BCUT2D eigenvalue weighted by Crippen LogP contribution is -2.41. The van der Waals surface area contributed by atoms with Crippen molar-refractivity contribution < 1.29 is 28.6 Å². The van der Waals surface area contributed by atoms with Gasteiger partial charge >= 0.3 is 11.8 Å². The van der Waals surface area contributed by atoms with E-state index in [2.05, 4.69) is 10.6 Å². The van der Waals surface area contributed by atoms with Gasteiger partial charge in [0, 0.05) is 13.1 Å². The van der Waals surface area contributed by atoms with Gasteiger partial charge in [0.1, 0.15) is 5.82 Å². The van der Waals surface area contributed by atoms with E-state index in [1.807, 2.05) is 0 Å². The molecule has 0 fully saturated rings. The monoisotopic (exact) mass is 376 g/mol. The van der Waals surface area contributed by atoms with Crippen LogP contribution < -0.4 is 20.1 Å². The highest BCUT2D eigenvalue weighted by Gasteiger charge is 2.17. The number of benzene rings is 2. The molecule has 27 heavy (non-hydrogen) atoms. The Kier molecular flexibility index (Phi) is 7.13. The van der Waals surface area contributed by atoms with Gasteiger partial charge < -0.3 is 25.2 Å². The van der Waals surface area contributed by atoms with Crippen LogP contribution in [0.2, 0.25) is 0 Å². The Morgan fingerprint density at radius 1 is 1.00 bits per heavy atom. The molecule has 0 saturated carbocycles. The fraction of sp³-hybridized carbons (Fsp3) is 0.263. The summed E-state index contributed by atoms with van der Waals surface area (Å²) in [7, 11) is 2.97. The largest absolute Gasteiger partial charge is 0.493 e. The predicted octanol–water partition coefficient (Wildman–Crippen LogP) is 1.31. The number of ether oxygens (including phenoxy) is 2. The second kappa shape index (κ2) is 9.54. The van der Waals surface area contributed by atoms with Gasteiger partial charge in [-0.05, 0) is 35.4 Å². The molecule has 0 aliphatic rings. The minimum Gasteiger partial charge on any atom is -0.493 e. The second-order valence-electron chi connectivity index (χ2n) is 5.65. The quantitative estimate of drug-likeness (QED) is 0.633. The number of methoxy groups -OCH3 is 2. The predicted molar refractivity (Wildman–Crippen MR) is 95.8 cm³/mol. The van der Waals surface area contributed by atoms with Gasteiger partial charge in [-0.15, -0.1) is 0 Å². The third kappa shape index (κ3) is 5.68. The Hall–Kier alpha value is -3.13. The van der Waals surface area contributed by atoms with Crippen LogP contribution in [0.1, 0.15) is 17.2 Å². The summed E-state index contributed by atoms with van der Waals surface area (Å²) in [5, 5.41) is 15.0. The summed E-state index contributed by atoms with van der Waals surface area (Å²) < 4.78 is 23.1. The molecule has 2 aromatic carbocycles. The standard InChI is InChI=1S/C19H21FN2O5/c1-26-16-8-5-13(9-17(16)27-2)15(23)11-22-19(25)18(24)21-10-12-3-6-14(20)7-4-12/h3-9,15,23H,10-11H2,1-2H3,(H,21,24)(H,22,25). The number of nitrogens with one attached hydrogen (secondary N) is 2. The van der Waals surface area contributed by atoms with Crippen molar-refractivity contribution in [2.24, 2.45) is 0 Å². The van der Waals surface area contributed by atoms with Gasteiger partial charge in [0.25, 0.3) is 0 Å². The lowest BCUT2D eigenvalue weighted by Gasteiger charge is -2.15. The average molecular weight is 376 g/mol. The van der Waals surface area contributed by atoms with Crippen molar-refractivity contribution in [2.75, 3.05) is 20.8 Å². The van der Waals surface area contributed by atoms with Crippen LogP contribution in [0.25, 0.3) is 0 Å². The van der Waals surface area contributed by atoms with Gasteiger partial charge in [-0.2, -0.15) is 0 Å². The first-order valence-corrected chi connectivity index (χ1v) is 8.15. The minimum atomic E-state index is -1.03. The molecule has 0 bridgehead atoms. The zero-order valence-electron chi connectivity index (χ0n) is 15.0. The van der Waals surface area contributed by atoms with Crippen LogP contribution in [0.5, 0.6) is 11.5 Å². The smallest absolute Gasteiger partial charge is 0.309 e. The van der Waals surface area contributed by atoms with E-state index in [-0.39, 0.29) is 18.9 Å². The molecule has 0 radical (unpaired) electrons. The summed E-state index contributed by atoms with van der Waals surface area (Å²) in [6.07, 6.45) is -1.03. The van der Waals surface area contributed by atoms with Gasteiger partial charge in [0.15, 0.2) is 11.5 Å². The van der Waals surface area contributed by atoms with E-state index >= 15 is 0 Å². The molecule has 144 valence electrons. The molecule has 0 saturated heterocycles. The lowest BCUT2D eigenvalue weighted by atomic mass is 10.1. The van der Waals surface area contributed by atoms with E-state index in [9.17, 15) is 19.1 Å². The highest BCUT2D eigenvalue weighted by atomic mass is 19.1. The van der Waals surface area contributed by atoms with Gasteiger partial charge in [0.05, 0.1) is 20.3 Å². The van der Waals surface area contributed by atoms with Crippen molar-refractivity contribution in [3.63, 3.8) is 0 Å². The van der Waals surface area contributed by atoms with E-state index in [0.29, 0.717) is 22.6 Å². The molecule has 2 amide bonds. The summed E-state index contributed by atoms with van der Waals surface area (Å²) in [5.74, 6) is -1.16. The molecule has 0 aliphatic carbocycles. The molecular formula is C19H21FN2O5. The molecule has 7 nitrogen and oxygen atoms in total. The summed E-state index contributed by atoms with van der Waals surface area (Å²) >= 11 is 0. The molecule has 3 N–H and O–H groups in total. The van der Waals surface area contributed by atoms with E-state index in [4.69, 9.17) is 9.47 Å². The molecule has 1 unspecified atom stereocenters. The molecule has 0 aliphatic heterocycles. The van der Waals surface area contributed by atoms with Gasteiger partial charge in [-0.25, -0.2) is 4.39 Å². The summed E-state index contributed by atoms with van der Waals surface area (Å²) in [6, 6.07) is 10.4. The zero-order valence-corrected chi connectivity index (χ0v) is 15.0. The summed E-state index contributed by atoms with van der Waals surface area (Å²) in [5.41, 5.74) is 1.16. The average Bonchev–Trinajstić information content (AvgIpc) is 2.70. The second-order valence-corrected chi connectivity index (χ2v) is 5.65. The Balaban J connectivity index is 1.84. The van der Waals surface area contributed by atoms with Crippen LogP contribution in [0.4, 0.5) is 4.39 Å². The van der Waals surface area contributed by atoms with Gasteiger partial charge in [-0.3, -0.25) is 9.59 Å². The zero-order chi connectivity index (χ0) is 19.8. The summed E-state index contributed by atoms with van der Waals surface area (Å²) in [6.45, 7) is -0.0664. The number of aliphatic hydroxyl groups excluding tert-OH is 1. The van der Waals surface area contributed by atoms with Crippen LogP contribution in [0.3, 0.4) is 0 Å². The molecule has 8 heteroatoms. The molecule has 0 heterocycles. The first-order valence-electron chi connectivity index (χ1n) is 8.15. The molecule has 1 atom stereocenters. The third-order valence-electron chi connectivity index (χ3n) is 3.82. The highest BCUT2D eigenvalue weighted by molar-refractivity contribution is 6.35. The third-order valence-corrected chi connectivity index (χ3v) is 3.82. The van der Waals surface area contributed by atoms with Gasteiger partial charge in [0.2, 0.25) is 0 Å². The molecule has 2 rings (SSSR count). The van der Waals surface area contributed by atoms with Crippen LogP contribution in [-0.2, 0) is 16.1 Å². The van der Waals surface area contributed by atoms with Crippen molar-refractivity contribution in [3.05, 3.63) is 59.4 Å². The van der Waals surface area contributed by atoms with Crippen molar-refractivity contribution in [3.8, 4) is 11.5 Å². The van der Waals surface area contributed by atoms with Crippen LogP contribution >= 0.6 is 0 Å². The van der Waals surface area contributed by atoms with Crippen LogP contribution in [-0.4, -0.2) is 37.7 Å². The normalized spacial score (nSPS) is 11.4. The number of hydrogen-bond donors (Lipinski definition) is 3. The Bertz CT molecular complexity index is 795. The number of carbonyl (C=O) groups is 2. The van der Waals surface area contributed by atoms with Crippen molar-refractivity contribution in [1.29, 1.82) is 0 Å². The molecule has 0 aromatic heterocycles. The van der Waals surface area contributed by atoms with Crippen LogP contribution in [0, 0.1) is 5.82 Å². The number of halogens is 1. The number of carbonyl (C=O) groups excluding carboxylic acids is 2. The Morgan fingerprint density at radius 3 is 2.26 bits per heavy atom. The number of aliphatic hydroxyl groups is 1. The number of amides is 2. The van der Waals surface area contributed by atoms with E-state index in [1.54, 1.807) is 18.2 Å². The fourth-order valence-corrected chi connectivity index (χ4v) is 2.31. The maximum absolute atomic E-state index is 12.8. The highest BCUT2D eigenvalue weighted by Crippen LogP contribution is 2.29. The Morgan fingerprint density at radius 2 is 1.63 bits per heavy atom. The SMILES string of the molecule is COc1ccc(C(O)CNC(=O)C(=O)NCc2ccc(F)cc2)cc1OC. The summed E-state index contributed by atoms with van der Waals surface area (Å²) in [4.78, 5) is 23.6. The van der Waals surface area contributed by atoms with Gasteiger partial charge in [-0.1, -0.05) is 18.2 Å². The van der Waals surface area contributed by atoms with Crippen molar-refractivity contribution in [1.82, 2.24) is 10.6 Å². The van der Waals surface area contributed by atoms with Crippen LogP contribution in [0.15, 0.2) is 42.5 Å². The topological polar surface area (TPSA) is 96.9 Å². The maximum Gasteiger partial charge on any atom is 0.309 e. The van der Waals surface area contributed by atoms with E-state index in [0.717, 1.165) is 0 Å². The number of hydrogen-bond acceptors (Lipinski definition) is 5. The molecular weight excluding hydrogens is 355 g/mol. The number of rotatable bonds is 7. The molecule has 0 spiro atoms. The maximum atomic E-state index is 12.8.